The maximum Gasteiger partial charge on any atom is 0.356 e. The molecule has 0 amide bonds. The average molecular weight is 379 g/mol. The minimum Gasteiger partial charge on any atom is -0.461 e. The van der Waals surface area contributed by atoms with Gasteiger partial charge in [-0.3, -0.25) is 9.58 Å². The lowest BCUT2D eigenvalue weighted by Gasteiger charge is -2.26. The number of ether oxygens (including phenoxy) is 2. The van der Waals surface area contributed by atoms with Gasteiger partial charge in [0.15, 0.2) is 0 Å². The van der Waals surface area contributed by atoms with Crippen molar-refractivity contribution in [3.05, 3.63) is 15.5 Å². The molecule has 1 saturated heterocycles. The van der Waals surface area contributed by atoms with Gasteiger partial charge in [0.1, 0.15) is 9.39 Å². The summed E-state index contributed by atoms with van der Waals surface area (Å²) in [6.45, 7) is 7.18. The van der Waals surface area contributed by atoms with Gasteiger partial charge in [0.2, 0.25) is 0 Å². The summed E-state index contributed by atoms with van der Waals surface area (Å²) in [7, 11) is 0. The third-order valence-corrected chi connectivity index (χ3v) is 3.49. The fourth-order valence-electron chi connectivity index (χ4n) is 1.99. The van der Waals surface area contributed by atoms with Crippen molar-refractivity contribution in [3.63, 3.8) is 0 Å². The second-order valence-electron chi connectivity index (χ2n) is 4.25. The summed E-state index contributed by atoms with van der Waals surface area (Å²) in [6, 6.07) is 1.76. The van der Waals surface area contributed by atoms with Crippen LogP contribution in [0.15, 0.2) is 6.07 Å². The van der Waals surface area contributed by atoms with Gasteiger partial charge in [-0.05, 0) is 29.5 Å². The van der Waals surface area contributed by atoms with Crippen LogP contribution in [0, 0.1) is 3.70 Å². The molecule has 1 fully saturated rings. The molecule has 6 nitrogen and oxygen atoms in total. The number of hydrogen-bond donors (Lipinski definition) is 0. The minimum atomic E-state index is -0.306. The second kappa shape index (κ2) is 7.20. The highest BCUT2D eigenvalue weighted by Crippen LogP contribution is 2.09. The normalized spacial score (nSPS) is 16.5. The van der Waals surface area contributed by atoms with E-state index in [9.17, 15) is 4.79 Å². The highest BCUT2D eigenvalue weighted by molar-refractivity contribution is 14.1. The van der Waals surface area contributed by atoms with E-state index >= 15 is 0 Å². The zero-order valence-corrected chi connectivity index (χ0v) is 13.1. The van der Waals surface area contributed by atoms with E-state index < -0.39 is 0 Å². The number of hydrogen-bond acceptors (Lipinski definition) is 5. The van der Waals surface area contributed by atoms with Crippen molar-refractivity contribution in [2.24, 2.45) is 0 Å². The van der Waals surface area contributed by atoms with E-state index in [0.29, 0.717) is 18.8 Å². The molecular weight excluding hydrogens is 361 g/mol. The molecule has 1 aliphatic heterocycles. The van der Waals surface area contributed by atoms with Crippen LogP contribution in [0.5, 0.6) is 0 Å². The maximum atomic E-state index is 11.8. The zero-order chi connectivity index (χ0) is 13.7. The van der Waals surface area contributed by atoms with Gasteiger partial charge >= 0.3 is 5.97 Å². The Morgan fingerprint density at radius 2 is 2.21 bits per heavy atom. The first-order valence-electron chi connectivity index (χ1n) is 6.41. The topological polar surface area (TPSA) is 56.6 Å². The zero-order valence-electron chi connectivity index (χ0n) is 11.0. The first-order valence-corrected chi connectivity index (χ1v) is 7.49. The molecule has 0 aromatic carbocycles. The highest BCUT2D eigenvalue weighted by Gasteiger charge is 2.17. The van der Waals surface area contributed by atoms with Crippen molar-refractivity contribution in [3.8, 4) is 0 Å². The van der Waals surface area contributed by atoms with Crippen LogP contribution in [0.2, 0.25) is 0 Å². The van der Waals surface area contributed by atoms with Gasteiger partial charge in [-0.15, -0.1) is 0 Å². The molecule has 0 aliphatic carbocycles. The number of morpholine rings is 1. The Kier molecular flexibility index (Phi) is 5.59. The second-order valence-corrected chi connectivity index (χ2v) is 5.36. The fraction of sp³-hybridized carbons (Fsp3) is 0.667. The summed E-state index contributed by atoms with van der Waals surface area (Å²) in [6.07, 6.45) is 0. The van der Waals surface area contributed by atoms with Crippen LogP contribution in [0.4, 0.5) is 0 Å². The lowest BCUT2D eigenvalue weighted by Crippen LogP contribution is -2.38. The molecule has 0 N–H and O–H groups in total. The van der Waals surface area contributed by atoms with E-state index in [1.54, 1.807) is 17.7 Å². The molecule has 2 rings (SSSR count). The Morgan fingerprint density at radius 1 is 1.47 bits per heavy atom. The molecular formula is C12H18IN3O3. The van der Waals surface area contributed by atoms with Crippen molar-refractivity contribution in [1.29, 1.82) is 0 Å². The standard InChI is InChI=1S/C12H18IN3O3/c1-2-19-12(17)10-9-11(13)14-16(10)4-3-15-5-7-18-8-6-15/h9H,2-8H2,1H3. The molecule has 0 unspecified atom stereocenters. The van der Waals surface area contributed by atoms with Crippen LogP contribution in [0.1, 0.15) is 17.4 Å². The van der Waals surface area contributed by atoms with Crippen LogP contribution >= 0.6 is 22.6 Å². The molecule has 1 aromatic rings. The quantitative estimate of drug-likeness (QED) is 0.565. The summed E-state index contributed by atoms with van der Waals surface area (Å²) >= 11 is 2.11. The fourth-order valence-corrected chi connectivity index (χ4v) is 2.54. The van der Waals surface area contributed by atoms with Crippen LogP contribution in [-0.2, 0) is 16.0 Å². The largest absolute Gasteiger partial charge is 0.461 e. The van der Waals surface area contributed by atoms with E-state index in [1.807, 2.05) is 0 Å². The molecule has 1 aliphatic rings. The maximum absolute atomic E-state index is 11.8. The monoisotopic (exact) mass is 379 g/mol. The third-order valence-electron chi connectivity index (χ3n) is 2.97. The van der Waals surface area contributed by atoms with Crippen LogP contribution < -0.4 is 0 Å². The predicted molar refractivity (Wildman–Crippen MR) is 78.2 cm³/mol. The van der Waals surface area contributed by atoms with Gasteiger partial charge in [-0.2, -0.15) is 5.10 Å². The predicted octanol–water partition coefficient (Wildman–Crippen LogP) is 0.997. The van der Waals surface area contributed by atoms with Gasteiger partial charge in [0.05, 0.1) is 26.4 Å². The lowest BCUT2D eigenvalue weighted by molar-refractivity contribution is 0.0352. The molecule has 19 heavy (non-hydrogen) atoms. The number of aromatic nitrogens is 2. The van der Waals surface area contributed by atoms with Gasteiger partial charge < -0.3 is 9.47 Å². The van der Waals surface area contributed by atoms with Crippen molar-refractivity contribution >= 4 is 28.6 Å². The summed E-state index contributed by atoms with van der Waals surface area (Å²) in [5.41, 5.74) is 0.527. The molecule has 0 spiro atoms. The lowest BCUT2D eigenvalue weighted by atomic mass is 10.4. The Bertz CT molecular complexity index is 430. The molecule has 7 heteroatoms. The first-order chi connectivity index (χ1) is 9.20. The Balaban J connectivity index is 1.96. The summed E-state index contributed by atoms with van der Waals surface area (Å²) in [5, 5.41) is 4.34. The molecule has 0 atom stereocenters. The molecule has 0 radical (unpaired) electrons. The van der Waals surface area contributed by atoms with Crippen LogP contribution in [-0.4, -0.2) is 60.1 Å². The number of carbonyl (C=O) groups excluding carboxylic acids is 1. The van der Waals surface area contributed by atoms with Gasteiger partial charge in [-0.1, -0.05) is 0 Å². The van der Waals surface area contributed by atoms with Crippen molar-refractivity contribution in [2.45, 2.75) is 13.5 Å². The number of rotatable bonds is 5. The summed E-state index contributed by atoms with van der Waals surface area (Å²) in [5.74, 6) is -0.306. The van der Waals surface area contributed by atoms with Gasteiger partial charge in [0.25, 0.3) is 0 Å². The number of esters is 1. The van der Waals surface area contributed by atoms with E-state index in [2.05, 4.69) is 32.6 Å². The van der Waals surface area contributed by atoms with Crippen molar-refractivity contribution in [1.82, 2.24) is 14.7 Å². The summed E-state index contributed by atoms with van der Waals surface area (Å²) in [4.78, 5) is 14.1. The van der Waals surface area contributed by atoms with Crippen LogP contribution in [0.25, 0.3) is 0 Å². The SMILES string of the molecule is CCOC(=O)c1cc(I)nn1CCN1CCOCC1. The van der Waals surface area contributed by atoms with E-state index in [4.69, 9.17) is 9.47 Å². The van der Waals surface area contributed by atoms with Crippen molar-refractivity contribution in [2.75, 3.05) is 39.5 Å². The molecule has 2 heterocycles. The van der Waals surface area contributed by atoms with E-state index in [0.717, 1.165) is 36.5 Å². The number of halogens is 1. The number of carbonyl (C=O) groups is 1. The Hall–Kier alpha value is -0.670. The third kappa shape index (κ3) is 4.15. The smallest absolute Gasteiger partial charge is 0.356 e. The van der Waals surface area contributed by atoms with E-state index in [1.165, 1.54) is 0 Å². The molecule has 106 valence electrons. The molecule has 0 saturated carbocycles. The summed E-state index contributed by atoms with van der Waals surface area (Å²) < 4.78 is 12.9. The van der Waals surface area contributed by atoms with Crippen molar-refractivity contribution < 1.29 is 14.3 Å². The first kappa shape index (κ1) is 14.7. The number of nitrogens with zero attached hydrogens (tertiary/aromatic N) is 3. The van der Waals surface area contributed by atoms with Gasteiger partial charge in [-0.25, -0.2) is 4.79 Å². The Morgan fingerprint density at radius 3 is 2.89 bits per heavy atom. The van der Waals surface area contributed by atoms with Gasteiger partial charge in [0, 0.05) is 25.7 Å². The molecule has 1 aromatic heterocycles. The highest BCUT2D eigenvalue weighted by atomic mass is 127. The van der Waals surface area contributed by atoms with Crippen LogP contribution in [0.3, 0.4) is 0 Å². The minimum absolute atomic E-state index is 0.306. The Labute approximate surface area is 126 Å². The average Bonchev–Trinajstić information content (AvgIpc) is 2.79. The molecule has 0 bridgehead atoms. The van der Waals surface area contributed by atoms with E-state index in [-0.39, 0.29) is 5.97 Å².